The highest BCUT2D eigenvalue weighted by atomic mass is 16.2. The van der Waals surface area contributed by atoms with Crippen LogP contribution in [0.3, 0.4) is 0 Å². The Morgan fingerprint density at radius 1 is 1.47 bits per heavy atom. The fourth-order valence-corrected chi connectivity index (χ4v) is 2.01. The van der Waals surface area contributed by atoms with Crippen LogP contribution >= 0.6 is 0 Å². The van der Waals surface area contributed by atoms with Gasteiger partial charge in [0.1, 0.15) is 0 Å². The van der Waals surface area contributed by atoms with Crippen molar-refractivity contribution in [2.45, 2.75) is 25.3 Å². The van der Waals surface area contributed by atoms with Crippen molar-refractivity contribution in [3.63, 3.8) is 0 Å². The van der Waals surface area contributed by atoms with E-state index in [0.717, 1.165) is 25.9 Å². The molecule has 0 aliphatic carbocycles. The molecular weight excluding hydrogens is 190 g/mol. The summed E-state index contributed by atoms with van der Waals surface area (Å²) < 4.78 is 0. The summed E-state index contributed by atoms with van der Waals surface area (Å²) in [7, 11) is 5.69. The summed E-state index contributed by atoms with van der Waals surface area (Å²) in [5.41, 5.74) is 6.07. The van der Waals surface area contributed by atoms with E-state index < -0.39 is 0 Å². The fraction of sp³-hybridized carbons (Fsp3) is 0.909. The second-order valence-corrected chi connectivity index (χ2v) is 4.80. The summed E-state index contributed by atoms with van der Waals surface area (Å²) in [4.78, 5) is 15.4. The number of piperidine rings is 1. The molecular formula is C11H23N3O. The Morgan fingerprint density at radius 3 is 2.47 bits per heavy atom. The SMILES string of the molecule is CN1CCC(C(N)CC(=O)N(C)C)CC1. The van der Waals surface area contributed by atoms with Gasteiger partial charge in [0.2, 0.25) is 5.91 Å². The zero-order valence-electron chi connectivity index (χ0n) is 10.1. The molecule has 1 atom stereocenters. The van der Waals surface area contributed by atoms with E-state index in [4.69, 9.17) is 5.73 Å². The van der Waals surface area contributed by atoms with Crippen LogP contribution in [0.15, 0.2) is 0 Å². The van der Waals surface area contributed by atoms with Gasteiger partial charge in [0.05, 0.1) is 0 Å². The Balaban J connectivity index is 2.34. The number of hydrogen-bond acceptors (Lipinski definition) is 3. The second kappa shape index (κ2) is 5.47. The van der Waals surface area contributed by atoms with Gasteiger partial charge in [0, 0.05) is 26.6 Å². The number of nitrogens with zero attached hydrogens (tertiary/aromatic N) is 2. The number of hydrogen-bond donors (Lipinski definition) is 1. The highest BCUT2D eigenvalue weighted by Gasteiger charge is 2.24. The number of amides is 1. The van der Waals surface area contributed by atoms with Gasteiger partial charge in [-0.15, -0.1) is 0 Å². The summed E-state index contributed by atoms with van der Waals surface area (Å²) in [5.74, 6) is 0.659. The Labute approximate surface area is 92.4 Å². The van der Waals surface area contributed by atoms with Gasteiger partial charge in [-0.1, -0.05) is 0 Å². The van der Waals surface area contributed by atoms with Crippen LogP contribution in [0.2, 0.25) is 0 Å². The smallest absolute Gasteiger partial charge is 0.223 e. The van der Waals surface area contributed by atoms with Crippen molar-refractivity contribution in [1.29, 1.82) is 0 Å². The van der Waals surface area contributed by atoms with Crippen molar-refractivity contribution in [2.24, 2.45) is 11.7 Å². The van der Waals surface area contributed by atoms with Gasteiger partial charge in [0.15, 0.2) is 0 Å². The molecule has 0 aromatic carbocycles. The summed E-state index contributed by atoms with van der Waals surface area (Å²) >= 11 is 0. The summed E-state index contributed by atoms with van der Waals surface area (Å²) in [6.07, 6.45) is 2.73. The maximum absolute atomic E-state index is 11.5. The Bertz CT molecular complexity index is 210. The number of carbonyl (C=O) groups excluding carboxylic acids is 1. The number of carbonyl (C=O) groups is 1. The van der Waals surface area contributed by atoms with Crippen LogP contribution in [0.4, 0.5) is 0 Å². The maximum atomic E-state index is 11.5. The molecule has 2 N–H and O–H groups in total. The van der Waals surface area contributed by atoms with Crippen molar-refractivity contribution in [2.75, 3.05) is 34.2 Å². The van der Waals surface area contributed by atoms with Gasteiger partial charge in [-0.2, -0.15) is 0 Å². The molecule has 1 fully saturated rings. The average molecular weight is 213 g/mol. The molecule has 0 saturated carbocycles. The lowest BCUT2D eigenvalue weighted by Gasteiger charge is -2.32. The molecule has 0 bridgehead atoms. The van der Waals surface area contributed by atoms with Crippen LogP contribution in [-0.2, 0) is 4.79 Å². The van der Waals surface area contributed by atoms with Crippen LogP contribution in [0.5, 0.6) is 0 Å². The lowest BCUT2D eigenvalue weighted by atomic mass is 9.88. The molecule has 0 aromatic heterocycles. The third-order valence-electron chi connectivity index (χ3n) is 3.28. The van der Waals surface area contributed by atoms with Crippen molar-refractivity contribution in [1.82, 2.24) is 9.80 Å². The number of nitrogens with two attached hydrogens (primary N) is 1. The van der Waals surface area contributed by atoms with Gasteiger partial charge in [-0.25, -0.2) is 0 Å². The summed E-state index contributed by atoms with van der Waals surface area (Å²) in [6.45, 7) is 2.21. The van der Waals surface area contributed by atoms with E-state index in [1.165, 1.54) is 0 Å². The lowest BCUT2D eigenvalue weighted by molar-refractivity contribution is -0.129. The molecule has 1 heterocycles. The normalized spacial score (nSPS) is 21.3. The monoisotopic (exact) mass is 213 g/mol. The topological polar surface area (TPSA) is 49.6 Å². The molecule has 1 saturated heterocycles. The third kappa shape index (κ3) is 3.80. The van der Waals surface area contributed by atoms with Gasteiger partial charge in [-0.3, -0.25) is 4.79 Å². The molecule has 0 radical (unpaired) electrons. The molecule has 1 aliphatic rings. The quantitative estimate of drug-likeness (QED) is 0.725. The maximum Gasteiger partial charge on any atom is 0.223 e. The van der Waals surface area contributed by atoms with E-state index in [2.05, 4.69) is 11.9 Å². The standard InChI is InChI=1S/C11H23N3O/c1-13(2)11(15)8-10(12)9-4-6-14(3)7-5-9/h9-10H,4-8,12H2,1-3H3. The first-order chi connectivity index (χ1) is 7.00. The van der Waals surface area contributed by atoms with Gasteiger partial charge in [-0.05, 0) is 38.9 Å². The fourth-order valence-electron chi connectivity index (χ4n) is 2.01. The van der Waals surface area contributed by atoms with Crippen molar-refractivity contribution >= 4 is 5.91 Å². The summed E-state index contributed by atoms with van der Waals surface area (Å²) in [5, 5.41) is 0. The van der Waals surface area contributed by atoms with Crippen molar-refractivity contribution in [3.8, 4) is 0 Å². The first kappa shape index (κ1) is 12.5. The van der Waals surface area contributed by atoms with E-state index in [0.29, 0.717) is 12.3 Å². The molecule has 1 amide bonds. The minimum Gasteiger partial charge on any atom is -0.349 e. The number of likely N-dealkylation sites (tertiary alicyclic amines) is 1. The highest BCUT2D eigenvalue weighted by molar-refractivity contribution is 5.76. The van der Waals surface area contributed by atoms with Crippen molar-refractivity contribution in [3.05, 3.63) is 0 Å². The minimum absolute atomic E-state index is 0.0357. The molecule has 1 rings (SSSR count). The van der Waals surface area contributed by atoms with Crippen LogP contribution in [-0.4, -0.2) is 56.0 Å². The zero-order chi connectivity index (χ0) is 11.4. The Morgan fingerprint density at radius 2 is 2.00 bits per heavy atom. The molecule has 15 heavy (non-hydrogen) atoms. The molecule has 4 heteroatoms. The van der Waals surface area contributed by atoms with Crippen molar-refractivity contribution < 1.29 is 4.79 Å². The van der Waals surface area contributed by atoms with Crippen LogP contribution in [0.1, 0.15) is 19.3 Å². The van der Waals surface area contributed by atoms with E-state index in [1.807, 2.05) is 0 Å². The van der Waals surface area contributed by atoms with E-state index in [9.17, 15) is 4.79 Å². The lowest BCUT2D eigenvalue weighted by Crippen LogP contribution is -2.41. The van der Waals surface area contributed by atoms with E-state index >= 15 is 0 Å². The first-order valence-corrected chi connectivity index (χ1v) is 5.65. The Kier molecular flexibility index (Phi) is 4.54. The summed E-state index contributed by atoms with van der Waals surface area (Å²) in [6, 6.07) is 0.0357. The molecule has 0 aromatic rings. The van der Waals surface area contributed by atoms with Crippen LogP contribution < -0.4 is 5.73 Å². The van der Waals surface area contributed by atoms with Gasteiger partial charge in [0.25, 0.3) is 0 Å². The molecule has 1 unspecified atom stereocenters. The van der Waals surface area contributed by atoms with Crippen LogP contribution in [0.25, 0.3) is 0 Å². The molecule has 1 aliphatic heterocycles. The van der Waals surface area contributed by atoms with Gasteiger partial charge < -0.3 is 15.5 Å². The zero-order valence-corrected chi connectivity index (χ0v) is 10.1. The second-order valence-electron chi connectivity index (χ2n) is 4.80. The highest BCUT2D eigenvalue weighted by Crippen LogP contribution is 2.20. The molecule has 0 spiro atoms. The first-order valence-electron chi connectivity index (χ1n) is 5.65. The molecule has 4 nitrogen and oxygen atoms in total. The molecule has 88 valence electrons. The third-order valence-corrected chi connectivity index (χ3v) is 3.28. The number of rotatable bonds is 3. The van der Waals surface area contributed by atoms with E-state index in [-0.39, 0.29) is 11.9 Å². The van der Waals surface area contributed by atoms with E-state index in [1.54, 1.807) is 19.0 Å². The predicted molar refractivity (Wildman–Crippen MR) is 61.5 cm³/mol. The van der Waals surface area contributed by atoms with Crippen LogP contribution in [0, 0.1) is 5.92 Å². The Hall–Kier alpha value is -0.610. The van der Waals surface area contributed by atoms with Gasteiger partial charge >= 0.3 is 0 Å². The average Bonchev–Trinajstić information content (AvgIpc) is 2.18. The largest absolute Gasteiger partial charge is 0.349 e. The minimum atomic E-state index is 0.0357. The predicted octanol–water partition coefficient (Wildman–Crippen LogP) is 0.134.